The lowest BCUT2D eigenvalue weighted by molar-refractivity contribution is -0.290. The summed E-state index contributed by atoms with van der Waals surface area (Å²) in [6, 6.07) is 28.0. The number of halogens is 1. The van der Waals surface area contributed by atoms with Gasteiger partial charge in [-0.25, -0.2) is 9.18 Å². The van der Waals surface area contributed by atoms with Gasteiger partial charge in [-0.05, 0) is 16.7 Å². The molecule has 0 spiro atoms. The SMILES string of the molecule is O=C(O)[C@H]1O[C@H](F)[C@H](OCc2ccccc2)[C@@H](OCc2ccccc2)[C@@H]1OCc1ccccc1. The summed E-state index contributed by atoms with van der Waals surface area (Å²) in [6.45, 7) is 0.372. The Balaban J connectivity index is 1.57. The predicted molar refractivity (Wildman–Crippen MR) is 122 cm³/mol. The van der Waals surface area contributed by atoms with Crippen molar-refractivity contribution in [3.8, 4) is 0 Å². The van der Waals surface area contributed by atoms with E-state index < -0.39 is 36.7 Å². The molecule has 7 heteroatoms. The fourth-order valence-electron chi connectivity index (χ4n) is 3.84. The van der Waals surface area contributed by atoms with Gasteiger partial charge in [-0.15, -0.1) is 0 Å². The zero-order valence-corrected chi connectivity index (χ0v) is 18.5. The molecule has 3 aromatic rings. The Hall–Kier alpha value is -3.10. The number of hydrogen-bond acceptors (Lipinski definition) is 5. The normalized spacial score (nSPS) is 24.6. The van der Waals surface area contributed by atoms with Gasteiger partial charge in [0.05, 0.1) is 19.8 Å². The van der Waals surface area contributed by atoms with E-state index in [1.54, 1.807) is 0 Å². The summed E-state index contributed by atoms with van der Waals surface area (Å²) in [5, 5.41) is 9.75. The third-order valence-electron chi connectivity index (χ3n) is 5.58. The minimum Gasteiger partial charge on any atom is -0.479 e. The molecule has 178 valence electrons. The fourth-order valence-corrected chi connectivity index (χ4v) is 3.84. The lowest BCUT2D eigenvalue weighted by Crippen LogP contribution is -2.61. The molecule has 0 saturated carbocycles. The first-order chi connectivity index (χ1) is 16.6. The molecule has 3 aromatic carbocycles. The number of carboxylic acid groups (broad SMARTS) is 1. The molecule has 1 N–H and O–H groups in total. The highest BCUT2D eigenvalue weighted by molar-refractivity contribution is 5.73. The van der Waals surface area contributed by atoms with Crippen molar-refractivity contribution in [1.29, 1.82) is 0 Å². The molecule has 6 nitrogen and oxygen atoms in total. The number of carbonyl (C=O) groups is 1. The molecular formula is C27H27FO6. The van der Waals surface area contributed by atoms with Crippen molar-refractivity contribution in [3.63, 3.8) is 0 Å². The third-order valence-corrected chi connectivity index (χ3v) is 5.58. The lowest BCUT2D eigenvalue weighted by Gasteiger charge is -2.42. The molecule has 34 heavy (non-hydrogen) atoms. The van der Waals surface area contributed by atoms with Crippen LogP contribution >= 0.6 is 0 Å². The summed E-state index contributed by atoms with van der Waals surface area (Å²) in [4.78, 5) is 12.0. The average Bonchev–Trinajstić information content (AvgIpc) is 2.87. The Morgan fingerprint density at radius 1 is 0.676 bits per heavy atom. The van der Waals surface area contributed by atoms with Crippen LogP contribution in [0.1, 0.15) is 16.7 Å². The van der Waals surface area contributed by atoms with E-state index in [4.69, 9.17) is 18.9 Å². The molecule has 1 fully saturated rings. The standard InChI is InChI=1S/C27H27FO6/c28-26-24(33-18-21-14-8-3-9-15-21)22(31-16-19-10-4-1-5-11-19)23(25(34-26)27(29)30)32-17-20-12-6-2-7-13-20/h1-15,22-26H,16-18H2,(H,29,30)/t22-,23-,24+,25-,26-/m0/s1. The topological polar surface area (TPSA) is 74.2 Å². The molecule has 0 bridgehead atoms. The van der Waals surface area contributed by atoms with Gasteiger partial charge in [0.1, 0.15) is 18.3 Å². The minimum absolute atomic E-state index is 0.115. The van der Waals surface area contributed by atoms with Crippen molar-refractivity contribution in [3.05, 3.63) is 108 Å². The van der Waals surface area contributed by atoms with Crippen LogP contribution in [0.2, 0.25) is 0 Å². The zero-order chi connectivity index (χ0) is 23.8. The van der Waals surface area contributed by atoms with Crippen LogP contribution in [0.15, 0.2) is 91.0 Å². The van der Waals surface area contributed by atoms with Gasteiger partial charge >= 0.3 is 5.97 Å². The summed E-state index contributed by atoms with van der Waals surface area (Å²) in [6.07, 6.45) is -6.83. The number of carboxylic acids is 1. The van der Waals surface area contributed by atoms with E-state index in [0.29, 0.717) is 0 Å². The number of alkyl halides is 1. The molecule has 0 radical (unpaired) electrons. The Bertz CT molecular complexity index is 1020. The van der Waals surface area contributed by atoms with Crippen molar-refractivity contribution in [2.24, 2.45) is 0 Å². The van der Waals surface area contributed by atoms with Gasteiger partial charge in [-0.1, -0.05) is 91.0 Å². The van der Waals surface area contributed by atoms with Crippen LogP contribution in [0.4, 0.5) is 4.39 Å². The van der Waals surface area contributed by atoms with Crippen LogP contribution in [0.3, 0.4) is 0 Å². The van der Waals surface area contributed by atoms with Crippen molar-refractivity contribution in [2.75, 3.05) is 0 Å². The van der Waals surface area contributed by atoms with Crippen molar-refractivity contribution in [2.45, 2.75) is 50.6 Å². The van der Waals surface area contributed by atoms with Gasteiger partial charge in [0.2, 0.25) is 6.36 Å². The Morgan fingerprint density at radius 3 is 1.47 bits per heavy atom. The first-order valence-electron chi connectivity index (χ1n) is 11.1. The molecule has 0 aromatic heterocycles. The highest BCUT2D eigenvalue weighted by Crippen LogP contribution is 2.31. The third kappa shape index (κ3) is 6.27. The maximum absolute atomic E-state index is 15.1. The van der Waals surface area contributed by atoms with Crippen LogP contribution < -0.4 is 0 Å². The minimum atomic E-state index is -2.00. The second kappa shape index (κ2) is 11.9. The van der Waals surface area contributed by atoms with E-state index in [2.05, 4.69) is 0 Å². The van der Waals surface area contributed by atoms with Crippen LogP contribution in [0.25, 0.3) is 0 Å². The summed E-state index contributed by atoms with van der Waals surface area (Å²) >= 11 is 0. The Morgan fingerprint density at radius 2 is 1.06 bits per heavy atom. The van der Waals surface area contributed by atoms with Gasteiger partial charge in [-0.2, -0.15) is 0 Å². The molecule has 1 heterocycles. The fraction of sp³-hybridized carbons (Fsp3) is 0.296. The van der Waals surface area contributed by atoms with Crippen molar-refractivity contribution >= 4 is 5.97 Å². The first-order valence-corrected chi connectivity index (χ1v) is 11.1. The van der Waals surface area contributed by atoms with Gasteiger partial charge in [0.15, 0.2) is 6.10 Å². The Kier molecular flexibility index (Phi) is 8.38. The lowest BCUT2D eigenvalue weighted by atomic mass is 9.98. The quantitative estimate of drug-likeness (QED) is 0.474. The van der Waals surface area contributed by atoms with Crippen LogP contribution in [0, 0.1) is 0 Å². The average molecular weight is 467 g/mol. The molecule has 1 aliphatic heterocycles. The molecule has 4 rings (SSSR count). The smallest absolute Gasteiger partial charge is 0.335 e. The summed E-state index contributed by atoms with van der Waals surface area (Å²) in [7, 11) is 0. The maximum atomic E-state index is 15.1. The van der Waals surface area contributed by atoms with Crippen LogP contribution in [-0.2, 0) is 43.6 Å². The summed E-state index contributed by atoms with van der Waals surface area (Å²) in [5.74, 6) is -1.32. The van der Waals surface area contributed by atoms with E-state index in [1.807, 2.05) is 91.0 Å². The maximum Gasteiger partial charge on any atom is 0.335 e. The number of aliphatic carboxylic acids is 1. The first kappa shape index (κ1) is 24.0. The van der Waals surface area contributed by atoms with Gasteiger partial charge in [0, 0.05) is 0 Å². The summed E-state index contributed by atoms with van der Waals surface area (Å²) in [5.41, 5.74) is 2.55. The van der Waals surface area contributed by atoms with Crippen molar-refractivity contribution < 1.29 is 33.2 Å². The van der Waals surface area contributed by atoms with E-state index in [9.17, 15) is 9.90 Å². The second-order valence-corrected chi connectivity index (χ2v) is 8.03. The molecule has 5 atom stereocenters. The van der Waals surface area contributed by atoms with Gasteiger partial charge < -0.3 is 24.1 Å². The number of benzene rings is 3. The summed E-state index contributed by atoms with van der Waals surface area (Å²) < 4.78 is 38.3. The molecule has 1 aliphatic rings. The van der Waals surface area contributed by atoms with Crippen LogP contribution in [0.5, 0.6) is 0 Å². The highest BCUT2D eigenvalue weighted by Gasteiger charge is 2.51. The van der Waals surface area contributed by atoms with Gasteiger partial charge in [-0.3, -0.25) is 0 Å². The van der Waals surface area contributed by atoms with E-state index >= 15 is 4.39 Å². The molecule has 0 aliphatic carbocycles. The van der Waals surface area contributed by atoms with E-state index in [-0.39, 0.29) is 19.8 Å². The molecule has 0 amide bonds. The monoisotopic (exact) mass is 466 g/mol. The number of rotatable bonds is 10. The molecule has 0 unspecified atom stereocenters. The largest absolute Gasteiger partial charge is 0.479 e. The highest BCUT2D eigenvalue weighted by atomic mass is 19.1. The van der Waals surface area contributed by atoms with E-state index in [1.165, 1.54) is 0 Å². The Labute approximate surface area is 197 Å². The number of ether oxygens (including phenoxy) is 4. The van der Waals surface area contributed by atoms with Crippen LogP contribution in [-0.4, -0.2) is 41.8 Å². The predicted octanol–water partition coefficient (Wildman–Crippen LogP) is 4.52. The van der Waals surface area contributed by atoms with Gasteiger partial charge in [0.25, 0.3) is 0 Å². The second-order valence-electron chi connectivity index (χ2n) is 8.03. The van der Waals surface area contributed by atoms with E-state index in [0.717, 1.165) is 16.7 Å². The van der Waals surface area contributed by atoms with Crippen molar-refractivity contribution in [1.82, 2.24) is 0 Å². The molecule has 1 saturated heterocycles. The zero-order valence-electron chi connectivity index (χ0n) is 18.5. The molecular weight excluding hydrogens is 439 g/mol. The number of hydrogen-bond donors (Lipinski definition) is 1.